The molecule has 4 aromatic rings. The van der Waals surface area contributed by atoms with E-state index in [-0.39, 0.29) is 11.4 Å². The van der Waals surface area contributed by atoms with E-state index >= 15 is 0 Å². The molecule has 0 atom stereocenters. The number of benzene rings is 2. The number of nitro benzene ring substituents is 1. The fourth-order valence-electron chi connectivity index (χ4n) is 3.73. The number of fused-ring (bicyclic) bond motifs is 2. The van der Waals surface area contributed by atoms with E-state index in [0.717, 1.165) is 45.1 Å². The summed E-state index contributed by atoms with van der Waals surface area (Å²) >= 11 is 3.31. The zero-order chi connectivity index (χ0) is 20.7. The van der Waals surface area contributed by atoms with Gasteiger partial charge < -0.3 is 5.11 Å². The maximum absolute atomic E-state index is 11.1. The van der Waals surface area contributed by atoms with Gasteiger partial charge in [0.1, 0.15) is 15.8 Å². The van der Waals surface area contributed by atoms with Crippen molar-refractivity contribution < 1.29 is 10.0 Å². The molecule has 30 heavy (non-hydrogen) atoms. The highest BCUT2D eigenvalue weighted by Crippen LogP contribution is 2.47. The molecule has 8 heteroatoms. The van der Waals surface area contributed by atoms with E-state index < -0.39 is 4.92 Å². The number of thiophene rings is 1. The quantitative estimate of drug-likeness (QED) is 0.232. The number of para-hydroxylation sites is 1. The van der Waals surface area contributed by atoms with Gasteiger partial charge in [-0.3, -0.25) is 10.1 Å². The Hall–Kier alpha value is -3.10. The van der Waals surface area contributed by atoms with Gasteiger partial charge in [-0.2, -0.15) is 0 Å². The lowest BCUT2D eigenvalue weighted by Crippen LogP contribution is -1.99. The highest BCUT2D eigenvalue weighted by Gasteiger charge is 2.24. The van der Waals surface area contributed by atoms with Gasteiger partial charge in [0, 0.05) is 28.8 Å². The molecule has 5 rings (SSSR count). The van der Waals surface area contributed by atoms with Gasteiger partial charge in [0.15, 0.2) is 0 Å². The molecule has 1 N–H and O–H groups in total. The maximum atomic E-state index is 11.1. The average Bonchev–Trinajstić information content (AvgIpc) is 3.33. The molecule has 0 fully saturated rings. The second-order valence-electron chi connectivity index (χ2n) is 7.14. The van der Waals surface area contributed by atoms with E-state index in [0.29, 0.717) is 5.56 Å². The first kappa shape index (κ1) is 18.9. The summed E-state index contributed by atoms with van der Waals surface area (Å²) in [6.45, 7) is 0. The summed E-state index contributed by atoms with van der Waals surface area (Å²) in [5, 5.41) is 23.0. The minimum Gasteiger partial charge on any atom is -0.507 e. The van der Waals surface area contributed by atoms with Crippen molar-refractivity contribution >= 4 is 49.8 Å². The summed E-state index contributed by atoms with van der Waals surface area (Å²) in [7, 11) is 0. The highest BCUT2D eigenvalue weighted by atomic mass is 32.1. The molecule has 6 nitrogen and oxygen atoms in total. The van der Waals surface area contributed by atoms with Crippen molar-refractivity contribution in [3.05, 3.63) is 68.6 Å². The number of non-ortho nitro benzene ring substituents is 1. The largest absolute Gasteiger partial charge is 0.507 e. The first-order valence-corrected chi connectivity index (χ1v) is 11.3. The van der Waals surface area contributed by atoms with Crippen LogP contribution < -0.4 is 0 Å². The minimum absolute atomic E-state index is 0.0350. The van der Waals surface area contributed by atoms with E-state index in [2.05, 4.69) is 11.1 Å². The van der Waals surface area contributed by atoms with Crippen LogP contribution in [-0.2, 0) is 12.8 Å². The van der Waals surface area contributed by atoms with Crippen LogP contribution in [0.4, 0.5) is 10.7 Å². The van der Waals surface area contributed by atoms with Crippen LogP contribution in [0.5, 0.6) is 5.75 Å². The molecule has 0 aliphatic heterocycles. The molecule has 0 saturated carbocycles. The number of aromatic nitrogens is 1. The number of aryl methyl sites for hydroxylation is 1. The van der Waals surface area contributed by atoms with Crippen LogP contribution in [0.25, 0.3) is 20.8 Å². The Balaban J connectivity index is 1.62. The number of aromatic hydroxyl groups is 1. The number of aliphatic imine (C=N–C) groups is 1. The van der Waals surface area contributed by atoms with E-state index in [4.69, 9.17) is 4.98 Å². The van der Waals surface area contributed by atoms with Crippen molar-refractivity contribution in [1.29, 1.82) is 0 Å². The lowest BCUT2D eigenvalue weighted by atomic mass is 9.96. The third-order valence-corrected chi connectivity index (χ3v) is 7.46. The molecule has 2 heterocycles. The zero-order valence-electron chi connectivity index (χ0n) is 15.9. The van der Waals surface area contributed by atoms with Gasteiger partial charge in [0.05, 0.1) is 20.7 Å². The van der Waals surface area contributed by atoms with Crippen molar-refractivity contribution in [3.8, 4) is 16.3 Å². The zero-order valence-corrected chi connectivity index (χ0v) is 17.5. The number of hydrogen-bond acceptors (Lipinski definition) is 7. The molecule has 150 valence electrons. The van der Waals surface area contributed by atoms with Crippen LogP contribution in [0.2, 0.25) is 0 Å². The fraction of sp³-hybridized carbons (Fsp3) is 0.182. The molecule has 1 aliphatic rings. The predicted octanol–water partition coefficient (Wildman–Crippen LogP) is 6.27. The summed E-state index contributed by atoms with van der Waals surface area (Å²) < 4.78 is 1.13. The Morgan fingerprint density at radius 3 is 2.80 bits per heavy atom. The van der Waals surface area contributed by atoms with Crippen LogP contribution in [0.1, 0.15) is 28.8 Å². The van der Waals surface area contributed by atoms with E-state index in [1.807, 2.05) is 18.2 Å². The summed E-state index contributed by atoms with van der Waals surface area (Å²) in [4.78, 5) is 21.4. The fourth-order valence-corrected chi connectivity index (χ4v) is 6.07. The van der Waals surface area contributed by atoms with Crippen LogP contribution in [0.3, 0.4) is 0 Å². The molecular formula is C22H17N3O3S2. The summed E-state index contributed by atoms with van der Waals surface area (Å²) in [6.07, 6.45) is 5.87. The van der Waals surface area contributed by atoms with Crippen molar-refractivity contribution in [1.82, 2.24) is 4.98 Å². The Morgan fingerprint density at radius 2 is 1.97 bits per heavy atom. The number of rotatable bonds is 4. The lowest BCUT2D eigenvalue weighted by molar-refractivity contribution is -0.384. The van der Waals surface area contributed by atoms with Gasteiger partial charge in [-0.05, 0) is 49.4 Å². The predicted molar refractivity (Wildman–Crippen MR) is 122 cm³/mol. The van der Waals surface area contributed by atoms with Crippen molar-refractivity contribution in [2.24, 2.45) is 4.99 Å². The Bertz CT molecular complexity index is 1270. The SMILES string of the molecule is O=[N+]([O-])c1ccc(O)c(C=Nc2sc3c(c2-c2nc4ccccc4s2)CCCC3)c1. The van der Waals surface area contributed by atoms with Gasteiger partial charge in [0.2, 0.25) is 0 Å². The minimum atomic E-state index is -0.479. The van der Waals surface area contributed by atoms with Gasteiger partial charge in [-0.25, -0.2) is 9.98 Å². The first-order chi connectivity index (χ1) is 14.6. The summed E-state index contributed by atoms with van der Waals surface area (Å²) in [5.41, 5.74) is 3.61. The Kier molecular flexibility index (Phi) is 4.80. The second-order valence-corrected chi connectivity index (χ2v) is 9.25. The van der Waals surface area contributed by atoms with Gasteiger partial charge in [-0.15, -0.1) is 22.7 Å². The lowest BCUT2D eigenvalue weighted by Gasteiger charge is -2.11. The third-order valence-electron chi connectivity index (χ3n) is 5.20. The monoisotopic (exact) mass is 435 g/mol. The van der Waals surface area contributed by atoms with Crippen LogP contribution in [0.15, 0.2) is 47.5 Å². The molecule has 0 bridgehead atoms. The van der Waals surface area contributed by atoms with Crippen LogP contribution in [0, 0.1) is 10.1 Å². The molecule has 0 amide bonds. The summed E-state index contributed by atoms with van der Waals surface area (Å²) in [6, 6.07) is 12.0. The molecule has 0 unspecified atom stereocenters. The smallest absolute Gasteiger partial charge is 0.270 e. The standard InChI is InChI=1S/C22H17N3O3S2/c26-17-10-9-14(25(27)28)11-13(17)12-23-21-20(15-5-1-3-7-18(15)29-21)22-24-16-6-2-4-8-19(16)30-22/h2,4,6,8-12,26H,1,3,5,7H2. The van der Waals surface area contributed by atoms with Crippen LogP contribution >= 0.6 is 22.7 Å². The topological polar surface area (TPSA) is 88.6 Å². The van der Waals surface area contributed by atoms with E-state index in [9.17, 15) is 15.2 Å². The number of nitrogens with zero attached hydrogens (tertiary/aromatic N) is 3. The van der Waals surface area contributed by atoms with Crippen molar-refractivity contribution in [3.63, 3.8) is 0 Å². The third kappa shape index (κ3) is 3.38. The molecule has 2 aromatic heterocycles. The van der Waals surface area contributed by atoms with E-state index in [1.54, 1.807) is 22.7 Å². The molecule has 2 aromatic carbocycles. The second kappa shape index (κ2) is 7.62. The highest BCUT2D eigenvalue weighted by molar-refractivity contribution is 7.22. The van der Waals surface area contributed by atoms with Gasteiger partial charge >= 0.3 is 0 Å². The molecule has 1 aliphatic carbocycles. The van der Waals surface area contributed by atoms with Gasteiger partial charge in [0.25, 0.3) is 5.69 Å². The van der Waals surface area contributed by atoms with Crippen molar-refractivity contribution in [2.45, 2.75) is 25.7 Å². The number of phenols is 1. The molecular weight excluding hydrogens is 418 g/mol. The number of thiazole rings is 1. The maximum Gasteiger partial charge on any atom is 0.270 e. The summed E-state index contributed by atoms with van der Waals surface area (Å²) in [5.74, 6) is -0.0350. The molecule has 0 radical (unpaired) electrons. The van der Waals surface area contributed by atoms with E-state index in [1.165, 1.54) is 41.3 Å². The van der Waals surface area contributed by atoms with Crippen molar-refractivity contribution in [2.75, 3.05) is 0 Å². The first-order valence-electron chi connectivity index (χ1n) is 9.62. The molecule has 0 saturated heterocycles. The number of phenolic OH excluding ortho intramolecular Hbond substituents is 1. The van der Waals surface area contributed by atoms with Crippen LogP contribution in [-0.4, -0.2) is 21.2 Å². The number of hydrogen-bond donors (Lipinski definition) is 1. The number of nitro groups is 1. The molecule has 0 spiro atoms. The Morgan fingerprint density at radius 1 is 1.13 bits per heavy atom. The normalized spacial score (nSPS) is 13.7. The Labute approximate surface area is 180 Å². The average molecular weight is 436 g/mol. The van der Waals surface area contributed by atoms with Gasteiger partial charge in [-0.1, -0.05) is 12.1 Å².